The molecule has 0 saturated heterocycles. The number of fused-ring (bicyclic) bond motifs is 1. The minimum atomic E-state index is -3.83. The van der Waals surface area contributed by atoms with Crippen LogP contribution in [-0.4, -0.2) is 31.3 Å². The van der Waals surface area contributed by atoms with Crippen LogP contribution in [0.3, 0.4) is 0 Å². The van der Waals surface area contributed by atoms with Crippen LogP contribution >= 0.6 is 0 Å². The van der Waals surface area contributed by atoms with E-state index in [4.69, 9.17) is 4.42 Å². The highest BCUT2D eigenvalue weighted by atomic mass is 32.2. The Morgan fingerprint density at radius 3 is 2.47 bits per heavy atom. The normalized spacial score (nSPS) is 15.5. The van der Waals surface area contributed by atoms with Crippen LogP contribution in [0.15, 0.2) is 76.2 Å². The smallest absolute Gasteiger partial charge is 0.269 e. The van der Waals surface area contributed by atoms with E-state index in [2.05, 4.69) is 21.8 Å². The fourth-order valence-corrected chi connectivity index (χ4v) is 4.73. The predicted molar refractivity (Wildman–Crippen MR) is 110 cm³/mol. The fraction of sp³-hybridized carbons (Fsp3) is 0.238. The van der Waals surface area contributed by atoms with Crippen molar-refractivity contribution < 1.29 is 17.8 Å². The molecule has 30 heavy (non-hydrogen) atoms. The van der Waals surface area contributed by atoms with E-state index in [-0.39, 0.29) is 23.2 Å². The zero-order valence-electron chi connectivity index (χ0n) is 16.1. The molecule has 0 spiro atoms. The summed E-state index contributed by atoms with van der Waals surface area (Å²) in [5.41, 5.74) is 2.37. The van der Waals surface area contributed by atoms with Gasteiger partial charge in [0.25, 0.3) is 5.69 Å². The summed E-state index contributed by atoms with van der Waals surface area (Å²) in [6.07, 6.45) is 2.45. The van der Waals surface area contributed by atoms with Gasteiger partial charge in [0.2, 0.25) is 10.0 Å². The number of benzene rings is 2. The molecule has 0 bridgehead atoms. The topological polar surface area (TPSA) is 106 Å². The number of hydrogen-bond acceptors (Lipinski definition) is 6. The third-order valence-electron chi connectivity index (χ3n) is 5.30. The summed E-state index contributed by atoms with van der Waals surface area (Å²) in [5.74, 6) is 0.681. The van der Waals surface area contributed by atoms with Crippen molar-refractivity contribution in [3.8, 4) is 0 Å². The van der Waals surface area contributed by atoms with Crippen molar-refractivity contribution in [1.82, 2.24) is 9.62 Å². The number of furan rings is 1. The van der Waals surface area contributed by atoms with Gasteiger partial charge in [0.15, 0.2) is 0 Å². The molecule has 1 N–H and O–H groups in total. The van der Waals surface area contributed by atoms with Gasteiger partial charge in [0.05, 0.1) is 22.1 Å². The summed E-state index contributed by atoms with van der Waals surface area (Å²) in [5, 5.41) is 10.8. The van der Waals surface area contributed by atoms with Gasteiger partial charge in [0.1, 0.15) is 5.76 Å². The molecule has 0 aliphatic carbocycles. The maximum atomic E-state index is 12.7. The highest BCUT2D eigenvalue weighted by Gasteiger charge is 2.28. The summed E-state index contributed by atoms with van der Waals surface area (Å²) in [7, 11) is -3.83. The Labute approximate surface area is 174 Å². The van der Waals surface area contributed by atoms with E-state index in [1.807, 2.05) is 18.2 Å². The van der Waals surface area contributed by atoms with E-state index in [0.29, 0.717) is 12.3 Å². The Balaban J connectivity index is 1.52. The number of nitro groups is 1. The van der Waals surface area contributed by atoms with Crippen LogP contribution in [0.5, 0.6) is 0 Å². The standard InChI is InChI=1S/C21H21N3O5S/c25-24(26)18-7-9-19(10-8-18)30(27,28)22-14-20(21-6-3-13-29-21)23-12-11-16-4-1-2-5-17(16)15-23/h1-10,13,20,22H,11-12,14-15H2/t20-/m0/s1. The minimum absolute atomic E-state index is 0.0183. The molecule has 1 aliphatic heterocycles. The van der Waals surface area contributed by atoms with E-state index in [9.17, 15) is 18.5 Å². The third-order valence-corrected chi connectivity index (χ3v) is 6.74. The molecule has 0 saturated carbocycles. The Bertz CT molecular complexity index is 1130. The average Bonchev–Trinajstić information content (AvgIpc) is 3.28. The molecule has 0 radical (unpaired) electrons. The van der Waals surface area contributed by atoms with Crippen LogP contribution in [0, 0.1) is 10.1 Å². The molecule has 2 heterocycles. The van der Waals surface area contributed by atoms with E-state index >= 15 is 0 Å². The molecule has 8 nitrogen and oxygen atoms in total. The Morgan fingerprint density at radius 2 is 1.80 bits per heavy atom. The first-order valence-corrected chi connectivity index (χ1v) is 11.0. The van der Waals surface area contributed by atoms with Gasteiger partial charge < -0.3 is 4.42 Å². The lowest BCUT2D eigenvalue weighted by Gasteiger charge is -2.34. The van der Waals surface area contributed by atoms with Gasteiger partial charge in [-0.1, -0.05) is 24.3 Å². The van der Waals surface area contributed by atoms with Crippen molar-refractivity contribution >= 4 is 15.7 Å². The molecule has 9 heteroatoms. The van der Waals surface area contributed by atoms with Crippen molar-refractivity contribution in [3.63, 3.8) is 0 Å². The summed E-state index contributed by atoms with van der Waals surface area (Å²) in [4.78, 5) is 12.4. The first-order chi connectivity index (χ1) is 14.4. The zero-order chi connectivity index (χ0) is 21.1. The molecule has 0 unspecified atom stereocenters. The zero-order valence-corrected chi connectivity index (χ0v) is 16.9. The number of nitrogens with one attached hydrogen (secondary N) is 1. The monoisotopic (exact) mass is 427 g/mol. The van der Waals surface area contributed by atoms with Crippen LogP contribution in [0.1, 0.15) is 22.9 Å². The Hall–Kier alpha value is -3.01. The summed E-state index contributed by atoms with van der Waals surface area (Å²) < 4.78 is 33.7. The molecular formula is C21H21N3O5S. The van der Waals surface area contributed by atoms with E-state index in [1.165, 1.54) is 35.4 Å². The Kier molecular flexibility index (Phi) is 5.67. The van der Waals surface area contributed by atoms with Crippen molar-refractivity contribution in [2.24, 2.45) is 0 Å². The molecule has 2 aromatic carbocycles. The van der Waals surface area contributed by atoms with Crippen molar-refractivity contribution in [2.45, 2.75) is 23.9 Å². The van der Waals surface area contributed by atoms with Crippen LogP contribution in [0.4, 0.5) is 5.69 Å². The third kappa shape index (κ3) is 4.28. The lowest BCUT2D eigenvalue weighted by atomic mass is 9.98. The lowest BCUT2D eigenvalue weighted by Crippen LogP contribution is -2.40. The number of nitrogens with zero attached hydrogens (tertiary/aromatic N) is 2. The maximum absolute atomic E-state index is 12.7. The maximum Gasteiger partial charge on any atom is 0.269 e. The molecule has 1 aromatic heterocycles. The van der Waals surface area contributed by atoms with Crippen LogP contribution in [0.25, 0.3) is 0 Å². The number of non-ortho nitro benzene ring substituents is 1. The minimum Gasteiger partial charge on any atom is -0.468 e. The highest BCUT2D eigenvalue weighted by molar-refractivity contribution is 7.89. The molecule has 1 aliphatic rings. The van der Waals surface area contributed by atoms with E-state index in [0.717, 1.165) is 13.0 Å². The molecule has 0 amide bonds. The van der Waals surface area contributed by atoms with Gasteiger partial charge in [-0.05, 0) is 41.8 Å². The van der Waals surface area contributed by atoms with Gasteiger partial charge in [-0.25, -0.2) is 13.1 Å². The van der Waals surface area contributed by atoms with Gasteiger partial charge in [-0.3, -0.25) is 15.0 Å². The second-order valence-corrected chi connectivity index (χ2v) is 8.89. The summed E-state index contributed by atoms with van der Waals surface area (Å²) >= 11 is 0. The quantitative estimate of drug-likeness (QED) is 0.458. The van der Waals surface area contributed by atoms with Gasteiger partial charge in [0, 0.05) is 31.8 Å². The Morgan fingerprint density at radius 1 is 1.07 bits per heavy atom. The molecule has 0 fully saturated rings. The van der Waals surface area contributed by atoms with Crippen molar-refractivity contribution in [1.29, 1.82) is 0 Å². The fourth-order valence-electron chi connectivity index (χ4n) is 3.69. The van der Waals surface area contributed by atoms with Gasteiger partial charge in [-0.2, -0.15) is 0 Å². The number of nitro benzene ring substituents is 1. The second kappa shape index (κ2) is 8.39. The molecule has 3 aromatic rings. The first-order valence-electron chi connectivity index (χ1n) is 9.52. The largest absolute Gasteiger partial charge is 0.468 e. The van der Waals surface area contributed by atoms with E-state index in [1.54, 1.807) is 12.3 Å². The van der Waals surface area contributed by atoms with E-state index < -0.39 is 14.9 Å². The first kappa shape index (κ1) is 20.3. The number of hydrogen-bond donors (Lipinski definition) is 1. The molecule has 156 valence electrons. The summed E-state index contributed by atoms with van der Waals surface area (Å²) in [6, 6.07) is 16.4. The van der Waals surface area contributed by atoms with Gasteiger partial charge in [-0.15, -0.1) is 0 Å². The lowest BCUT2D eigenvalue weighted by molar-refractivity contribution is -0.384. The molecular weight excluding hydrogens is 406 g/mol. The van der Waals surface area contributed by atoms with Crippen LogP contribution in [-0.2, 0) is 23.0 Å². The number of sulfonamides is 1. The molecule has 1 atom stereocenters. The predicted octanol–water partition coefficient (Wildman–Crippen LogP) is 3.27. The summed E-state index contributed by atoms with van der Waals surface area (Å²) in [6.45, 7) is 1.59. The van der Waals surface area contributed by atoms with Crippen LogP contribution < -0.4 is 4.72 Å². The van der Waals surface area contributed by atoms with Crippen molar-refractivity contribution in [3.05, 3.63) is 93.9 Å². The average molecular weight is 427 g/mol. The second-order valence-electron chi connectivity index (χ2n) is 7.12. The van der Waals surface area contributed by atoms with Gasteiger partial charge >= 0.3 is 0 Å². The van der Waals surface area contributed by atoms with Crippen molar-refractivity contribution in [2.75, 3.05) is 13.1 Å². The number of rotatable bonds is 7. The molecule has 4 rings (SSSR count). The SMILES string of the molecule is O=[N+]([O-])c1ccc(S(=O)(=O)NC[C@@H](c2ccco2)N2CCc3ccccc3C2)cc1. The highest BCUT2D eigenvalue weighted by Crippen LogP contribution is 2.28. The van der Waals surface area contributed by atoms with Crippen LogP contribution in [0.2, 0.25) is 0 Å².